The van der Waals surface area contributed by atoms with Gasteiger partial charge in [-0.1, -0.05) is 12.8 Å². The third-order valence-corrected chi connectivity index (χ3v) is 4.13. The summed E-state index contributed by atoms with van der Waals surface area (Å²) in [5.41, 5.74) is 0.366. The molecule has 1 heterocycles. The molecule has 1 aromatic carbocycles. The maximum absolute atomic E-state index is 12.1. The van der Waals surface area contributed by atoms with Crippen molar-refractivity contribution in [2.45, 2.75) is 19.8 Å². The summed E-state index contributed by atoms with van der Waals surface area (Å²) in [6.45, 7) is 3.11. The summed E-state index contributed by atoms with van der Waals surface area (Å²) in [5.74, 6) is 1.34. The molecule has 8 heteroatoms. The third-order valence-electron chi connectivity index (χ3n) is 4.13. The normalized spacial score (nSPS) is 16.5. The smallest absolute Gasteiger partial charge is 0.338 e. The zero-order valence-electron chi connectivity index (χ0n) is 14.6. The van der Waals surface area contributed by atoms with Crippen molar-refractivity contribution >= 4 is 23.3 Å². The minimum absolute atomic E-state index is 0.0234. The molecule has 1 N–H and O–H groups in total. The monoisotopic (exact) mass is 359 g/mol. The number of carbonyl (C=O) groups excluding carboxylic acids is 2. The summed E-state index contributed by atoms with van der Waals surface area (Å²) in [6.07, 6.45) is 7.07. The fraction of sp³-hybridized carbons (Fsp3) is 0.444. The van der Waals surface area contributed by atoms with E-state index in [0.717, 1.165) is 25.9 Å². The number of nitrogens with one attached hydrogen (secondary N) is 1. The Morgan fingerprint density at radius 2 is 2.27 bits per heavy atom. The second-order valence-corrected chi connectivity index (χ2v) is 6.21. The standard InChI is InChI=1S/C18H21N3O5/c1-3-8-19-17(22)12-26-18(23)14-6-7-15(16(10-14)21(24)25)20-9-4-5-13(2)11-20/h1,6-7,10,13H,4-5,8-9,11-12H2,2H3,(H,19,22)/t13-/m1/s1. The first-order valence-corrected chi connectivity index (χ1v) is 8.33. The van der Waals surface area contributed by atoms with Crippen LogP contribution in [0.25, 0.3) is 0 Å². The van der Waals surface area contributed by atoms with Crippen molar-refractivity contribution in [3.8, 4) is 12.3 Å². The van der Waals surface area contributed by atoms with Crippen LogP contribution in [0.3, 0.4) is 0 Å². The Labute approximate surface area is 151 Å². The van der Waals surface area contributed by atoms with Crippen LogP contribution in [0.4, 0.5) is 11.4 Å². The Kier molecular flexibility index (Phi) is 6.55. The molecule has 1 atom stereocenters. The van der Waals surface area contributed by atoms with Crippen LogP contribution in [0, 0.1) is 28.4 Å². The Morgan fingerprint density at radius 1 is 1.50 bits per heavy atom. The summed E-state index contributed by atoms with van der Waals surface area (Å²) in [7, 11) is 0. The predicted octanol–water partition coefficient (Wildman–Crippen LogP) is 1.74. The maximum Gasteiger partial charge on any atom is 0.338 e. The number of hydrogen-bond donors (Lipinski definition) is 1. The van der Waals surface area contributed by atoms with Gasteiger partial charge in [0.2, 0.25) is 0 Å². The first kappa shape index (κ1) is 19.2. The zero-order chi connectivity index (χ0) is 19.1. The molecule has 0 aliphatic carbocycles. The molecule has 0 unspecified atom stereocenters. The summed E-state index contributed by atoms with van der Waals surface area (Å²) in [4.78, 5) is 36.4. The van der Waals surface area contributed by atoms with E-state index in [2.05, 4.69) is 18.2 Å². The van der Waals surface area contributed by atoms with Crippen LogP contribution < -0.4 is 10.2 Å². The highest BCUT2D eigenvalue weighted by atomic mass is 16.6. The highest BCUT2D eigenvalue weighted by Crippen LogP contribution is 2.32. The fourth-order valence-electron chi connectivity index (χ4n) is 2.89. The Balaban J connectivity index is 2.12. The van der Waals surface area contributed by atoms with E-state index in [0.29, 0.717) is 11.6 Å². The van der Waals surface area contributed by atoms with E-state index in [1.165, 1.54) is 12.1 Å². The van der Waals surface area contributed by atoms with E-state index in [-0.39, 0.29) is 17.8 Å². The van der Waals surface area contributed by atoms with Crippen molar-refractivity contribution < 1.29 is 19.2 Å². The lowest BCUT2D eigenvalue weighted by Crippen LogP contribution is -2.34. The van der Waals surface area contributed by atoms with Crippen LogP contribution in [0.5, 0.6) is 0 Å². The minimum Gasteiger partial charge on any atom is -0.452 e. The Bertz CT molecular complexity index is 741. The van der Waals surface area contributed by atoms with Gasteiger partial charge in [-0.3, -0.25) is 14.9 Å². The van der Waals surface area contributed by atoms with Crippen molar-refractivity contribution in [1.82, 2.24) is 5.32 Å². The average molecular weight is 359 g/mol. The molecule has 1 amide bonds. The Morgan fingerprint density at radius 3 is 2.92 bits per heavy atom. The van der Waals surface area contributed by atoms with E-state index in [1.807, 2.05) is 4.90 Å². The topological polar surface area (TPSA) is 102 Å². The molecule has 8 nitrogen and oxygen atoms in total. The number of esters is 1. The number of amides is 1. The van der Waals surface area contributed by atoms with Crippen LogP contribution in [-0.2, 0) is 9.53 Å². The number of benzene rings is 1. The summed E-state index contributed by atoms with van der Waals surface area (Å²) in [5, 5.41) is 13.8. The number of terminal acetylenes is 1. The second kappa shape index (κ2) is 8.85. The van der Waals surface area contributed by atoms with Gasteiger partial charge >= 0.3 is 5.97 Å². The van der Waals surface area contributed by atoms with Crippen molar-refractivity contribution in [3.63, 3.8) is 0 Å². The molecule has 1 aromatic rings. The van der Waals surface area contributed by atoms with Crippen LogP contribution in [0.1, 0.15) is 30.1 Å². The van der Waals surface area contributed by atoms with Gasteiger partial charge in [0.1, 0.15) is 5.69 Å². The molecule has 138 valence electrons. The predicted molar refractivity (Wildman–Crippen MR) is 95.8 cm³/mol. The van der Waals surface area contributed by atoms with Crippen molar-refractivity contribution in [3.05, 3.63) is 33.9 Å². The number of rotatable bonds is 6. The lowest BCUT2D eigenvalue weighted by Gasteiger charge is -2.32. The van der Waals surface area contributed by atoms with Gasteiger partial charge < -0.3 is 15.0 Å². The van der Waals surface area contributed by atoms with Gasteiger partial charge in [-0.05, 0) is 30.9 Å². The molecule has 1 fully saturated rings. The number of anilines is 1. The summed E-state index contributed by atoms with van der Waals surface area (Å²) >= 11 is 0. The molecular weight excluding hydrogens is 338 g/mol. The number of piperidine rings is 1. The molecule has 1 aliphatic rings. The number of nitro benzene ring substituents is 1. The van der Waals surface area contributed by atoms with Gasteiger partial charge in [0, 0.05) is 19.2 Å². The zero-order valence-corrected chi connectivity index (χ0v) is 14.6. The quantitative estimate of drug-likeness (QED) is 0.359. The maximum atomic E-state index is 12.1. The van der Waals surface area contributed by atoms with Crippen molar-refractivity contribution in [1.29, 1.82) is 0 Å². The van der Waals surface area contributed by atoms with Gasteiger partial charge in [-0.2, -0.15) is 0 Å². The van der Waals surface area contributed by atoms with Gasteiger partial charge in [-0.25, -0.2) is 4.79 Å². The highest BCUT2D eigenvalue weighted by Gasteiger charge is 2.25. The van der Waals surface area contributed by atoms with Crippen LogP contribution in [0.15, 0.2) is 18.2 Å². The molecule has 0 spiro atoms. The summed E-state index contributed by atoms with van der Waals surface area (Å²) in [6, 6.07) is 4.23. The molecular formula is C18H21N3O5. The Hall–Kier alpha value is -3.08. The molecule has 26 heavy (non-hydrogen) atoms. The fourth-order valence-corrected chi connectivity index (χ4v) is 2.89. The van der Waals surface area contributed by atoms with Crippen LogP contribution in [0.2, 0.25) is 0 Å². The number of nitrogens with zero attached hydrogens (tertiary/aromatic N) is 2. The van der Waals surface area contributed by atoms with Crippen LogP contribution in [-0.4, -0.2) is 43.0 Å². The molecule has 1 saturated heterocycles. The van der Waals surface area contributed by atoms with E-state index in [9.17, 15) is 19.7 Å². The average Bonchev–Trinajstić information content (AvgIpc) is 2.63. The second-order valence-electron chi connectivity index (χ2n) is 6.21. The van der Waals surface area contributed by atoms with Crippen LogP contribution >= 0.6 is 0 Å². The highest BCUT2D eigenvalue weighted by molar-refractivity contribution is 5.93. The number of ether oxygens (including phenoxy) is 1. The van der Waals surface area contributed by atoms with Gasteiger partial charge in [-0.15, -0.1) is 6.42 Å². The van der Waals surface area contributed by atoms with E-state index in [1.54, 1.807) is 6.07 Å². The summed E-state index contributed by atoms with van der Waals surface area (Å²) < 4.78 is 4.87. The van der Waals surface area contributed by atoms with Crippen molar-refractivity contribution in [2.24, 2.45) is 5.92 Å². The number of nitro groups is 1. The first-order chi connectivity index (χ1) is 12.4. The molecule has 2 rings (SSSR count). The molecule has 0 radical (unpaired) electrons. The van der Waals surface area contributed by atoms with E-state index >= 15 is 0 Å². The number of hydrogen-bond acceptors (Lipinski definition) is 6. The molecule has 1 aliphatic heterocycles. The lowest BCUT2D eigenvalue weighted by atomic mass is 9.99. The van der Waals surface area contributed by atoms with Gasteiger partial charge in [0.15, 0.2) is 6.61 Å². The number of carbonyl (C=O) groups is 2. The molecule has 0 bridgehead atoms. The first-order valence-electron chi connectivity index (χ1n) is 8.33. The van der Waals surface area contributed by atoms with Crippen molar-refractivity contribution in [2.75, 3.05) is 31.1 Å². The van der Waals surface area contributed by atoms with Gasteiger partial charge in [0.25, 0.3) is 11.6 Å². The minimum atomic E-state index is -0.803. The van der Waals surface area contributed by atoms with E-state index in [4.69, 9.17) is 11.2 Å². The van der Waals surface area contributed by atoms with Gasteiger partial charge in [0.05, 0.1) is 17.0 Å². The molecule has 0 aromatic heterocycles. The largest absolute Gasteiger partial charge is 0.452 e. The molecule has 0 saturated carbocycles. The SMILES string of the molecule is C#CCNC(=O)COC(=O)c1ccc(N2CCC[C@@H](C)C2)c([N+](=O)[O-])c1. The lowest BCUT2D eigenvalue weighted by molar-refractivity contribution is -0.384. The van der Waals surface area contributed by atoms with E-state index < -0.39 is 23.4 Å². The third kappa shape index (κ3) is 4.96.